The van der Waals surface area contributed by atoms with Crippen LogP contribution in [0.15, 0.2) is 0 Å². The van der Waals surface area contributed by atoms with Crippen molar-refractivity contribution in [1.29, 1.82) is 0 Å². The van der Waals surface area contributed by atoms with Gasteiger partial charge in [-0.05, 0) is 0 Å². The van der Waals surface area contributed by atoms with Crippen LogP contribution in [0.25, 0.3) is 0 Å². The molecule has 0 spiro atoms. The molecule has 1 aliphatic rings. The highest BCUT2D eigenvalue weighted by atomic mass is 16.7. The molecule has 1 fully saturated rings. The number of ether oxygens (including phenoxy) is 1. The zero-order valence-corrected chi connectivity index (χ0v) is 6.01. The molecule has 0 bridgehead atoms. The number of carbonyl (C=O) groups is 2. The molecule has 0 saturated carbocycles. The molecule has 3 N–H and O–H groups in total. The Bertz CT molecular complexity index is 212. The zero-order valence-electron chi connectivity index (χ0n) is 6.01. The van der Waals surface area contributed by atoms with Crippen LogP contribution in [0.4, 0.5) is 0 Å². The van der Waals surface area contributed by atoms with E-state index in [1.165, 1.54) is 0 Å². The third-order valence-electron chi connectivity index (χ3n) is 1.59. The van der Waals surface area contributed by atoms with E-state index in [0.29, 0.717) is 0 Å². The van der Waals surface area contributed by atoms with Gasteiger partial charge in [0.25, 0.3) is 5.78 Å². The molecule has 1 heterocycles. The third-order valence-corrected chi connectivity index (χ3v) is 1.59. The number of aliphatic hydroxyl groups is 3. The van der Waals surface area contributed by atoms with E-state index in [4.69, 9.17) is 15.3 Å². The molecule has 12 heavy (non-hydrogen) atoms. The fraction of sp³-hybridized carbons (Fsp3) is 0.667. The number of Topliss-reactive ketones (excluding diaryl/α,β-unsaturated/α-hetero) is 1. The van der Waals surface area contributed by atoms with Crippen LogP contribution in [0.2, 0.25) is 0 Å². The Labute approximate surface area is 67.4 Å². The number of aliphatic hydroxyl groups excluding tert-OH is 3. The predicted molar refractivity (Wildman–Crippen MR) is 34.0 cm³/mol. The Morgan fingerprint density at radius 1 is 1.58 bits per heavy atom. The van der Waals surface area contributed by atoms with E-state index in [1.54, 1.807) is 0 Å². The predicted octanol–water partition coefficient (Wildman–Crippen LogP) is -2.81. The summed E-state index contributed by atoms with van der Waals surface area (Å²) in [5.41, 5.74) is 0. The average Bonchev–Trinajstić information content (AvgIpc) is 2.32. The normalized spacial score (nSPS) is 31.9. The molecule has 0 aliphatic carbocycles. The number of carbonyl (C=O) groups excluding carboxylic acids is 2. The van der Waals surface area contributed by atoms with Crippen LogP contribution in [-0.4, -0.2) is 52.0 Å². The molecular formula is C6H8O6. The second kappa shape index (κ2) is 3.18. The lowest BCUT2D eigenvalue weighted by Crippen LogP contribution is -2.38. The summed E-state index contributed by atoms with van der Waals surface area (Å²) in [5, 5.41) is 26.3. The molecule has 1 aliphatic heterocycles. The Balaban J connectivity index is 2.70. The van der Waals surface area contributed by atoms with Crippen LogP contribution in [0.3, 0.4) is 0 Å². The van der Waals surface area contributed by atoms with Gasteiger partial charge in [-0.2, -0.15) is 0 Å². The van der Waals surface area contributed by atoms with Crippen molar-refractivity contribution in [3.8, 4) is 0 Å². The van der Waals surface area contributed by atoms with Gasteiger partial charge in [0.2, 0.25) is 0 Å². The van der Waals surface area contributed by atoms with Crippen LogP contribution in [0, 0.1) is 0 Å². The number of rotatable bonds is 2. The van der Waals surface area contributed by atoms with Crippen molar-refractivity contribution < 1.29 is 29.6 Å². The first-order chi connectivity index (χ1) is 5.57. The summed E-state index contributed by atoms with van der Waals surface area (Å²) in [6, 6.07) is 0. The maximum absolute atomic E-state index is 10.6. The lowest BCUT2D eigenvalue weighted by atomic mass is 10.3. The molecule has 1 rings (SSSR count). The van der Waals surface area contributed by atoms with E-state index in [-0.39, 0.29) is 0 Å². The van der Waals surface area contributed by atoms with Crippen molar-refractivity contribution in [1.82, 2.24) is 0 Å². The van der Waals surface area contributed by atoms with Gasteiger partial charge in [-0.3, -0.25) is 4.79 Å². The molecule has 0 aromatic heterocycles. The van der Waals surface area contributed by atoms with Crippen molar-refractivity contribution in [3.05, 3.63) is 0 Å². The van der Waals surface area contributed by atoms with Gasteiger partial charge < -0.3 is 20.1 Å². The van der Waals surface area contributed by atoms with Gasteiger partial charge in [0, 0.05) is 0 Å². The second-order valence-corrected chi connectivity index (χ2v) is 2.43. The standard InChI is InChI=1S/C6H8O6/c7-1-2(8)5-3(9)4(10)6(11)12-5/h2-3,5,7-9H,1H2/t2-,3?,5+/m0/s1/i3+2. The van der Waals surface area contributed by atoms with E-state index in [2.05, 4.69) is 4.74 Å². The van der Waals surface area contributed by atoms with Crippen molar-refractivity contribution in [3.63, 3.8) is 0 Å². The summed E-state index contributed by atoms with van der Waals surface area (Å²) < 4.78 is 4.29. The van der Waals surface area contributed by atoms with Crippen LogP contribution >= 0.6 is 0 Å². The molecule has 6 nitrogen and oxygen atoms in total. The molecule has 3 atom stereocenters. The van der Waals surface area contributed by atoms with Gasteiger partial charge in [0.15, 0.2) is 12.2 Å². The van der Waals surface area contributed by atoms with Gasteiger partial charge >= 0.3 is 5.97 Å². The van der Waals surface area contributed by atoms with Gasteiger partial charge in [-0.1, -0.05) is 0 Å². The molecule has 6 heteroatoms. The van der Waals surface area contributed by atoms with Crippen molar-refractivity contribution >= 4 is 11.8 Å². The summed E-state index contributed by atoms with van der Waals surface area (Å²) in [6.45, 7) is -0.678. The fourth-order valence-corrected chi connectivity index (χ4v) is 0.909. The monoisotopic (exact) mass is 178 g/mol. The maximum Gasteiger partial charge on any atom is 0.378 e. The minimum Gasteiger partial charge on any atom is -0.450 e. The fourth-order valence-electron chi connectivity index (χ4n) is 0.909. The summed E-state index contributed by atoms with van der Waals surface area (Å²) in [6.07, 6.45) is -4.43. The summed E-state index contributed by atoms with van der Waals surface area (Å²) >= 11 is 0. The average molecular weight is 178 g/mol. The molecule has 0 aromatic carbocycles. The number of hydrogen-bond donors (Lipinski definition) is 3. The highest BCUT2D eigenvalue weighted by molar-refractivity contribution is 6.37. The molecule has 0 radical (unpaired) electrons. The smallest absolute Gasteiger partial charge is 0.378 e. The number of ketones is 1. The lowest BCUT2D eigenvalue weighted by Gasteiger charge is -2.15. The van der Waals surface area contributed by atoms with E-state index >= 15 is 0 Å². The van der Waals surface area contributed by atoms with Crippen LogP contribution in [0.1, 0.15) is 0 Å². The number of cyclic esters (lactones) is 1. The second-order valence-electron chi connectivity index (χ2n) is 2.43. The highest BCUT2D eigenvalue weighted by Crippen LogP contribution is 2.14. The van der Waals surface area contributed by atoms with Gasteiger partial charge in [-0.25, -0.2) is 4.79 Å². The van der Waals surface area contributed by atoms with Crippen LogP contribution in [0.5, 0.6) is 0 Å². The largest absolute Gasteiger partial charge is 0.450 e. The van der Waals surface area contributed by atoms with Gasteiger partial charge in [0.1, 0.15) is 6.10 Å². The molecule has 1 unspecified atom stereocenters. The first-order valence-corrected chi connectivity index (χ1v) is 3.29. The zero-order chi connectivity index (χ0) is 9.30. The SMILES string of the molecule is O=C1O[C@H]([C@@H](O)CO)[14CH](O)C1=O. The number of hydrogen-bond acceptors (Lipinski definition) is 6. The Kier molecular flexibility index (Phi) is 2.41. The van der Waals surface area contributed by atoms with Gasteiger partial charge in [-0.15, -0.1) is 0 Å². The van der Waals surface area contributed by atoms with E-state index < -0.39 is 36.7 Å². The maximum atomic E-state index is 10.6. The summed E-state index contributed by atoms with van der Waals surface area (Å²) in [7, 11) is 0. The van der Waals surface area contributed by atoms with Crippen molar-refractivity contribution in [2.24, 2.45) is 0 Å². The first kappa shape index (κ1) is 9.11. The van der Waals surface area contributed by atoms with E-state index in [0.717, 1.165) is 0 Å². The van der Waals surface area contributed by atoms with E-state index in [1.807, 2.05) is 0 Å². The molecule has 1 saturated heterocycles. The van der Waals surface area contributed by atoms with Crippen molar-refractivity contribution in [2.75, 3.05) is 6.61 Å². The third kappa shape index (κ3) is 1.31. The Hall–Kier alpha value is -0.980. The topological polar surface area (TPSA) is 104 Å². The van der Waals surface area contributed by atoms with Gasteiger partial charge in [0.05, 0.1) is 6.61 Å². The first-order valence-electron chi connectivity index (χ1n) is 3.29. The number of esters is 1. The van der Waals surface area contributed by atoms with Crippen LogP contribution in [-0.2, 0) is 14.3 Å². The minimum atomic E-state index is -1.67. The molecule has 68 valence electrons. The van der Waals surface area contributed by atoms with Crippen LogP contribution < -0.4 is 0 Å². The van der Waals surface area contributed by atoms with E-state index in [9.17, 15) is 9.59 Å². The highest BCUT2D eigenvalue weighted by Gasteiger charge is 2.45. The lowest BCUT2D eigenvalue weighted by molar-refractivity contribution is -0.152. The summed E-state index contributed by atoms with van der Waals surface area (Å²) in [5.74, 6) is -2.27. The Morgan fingerprint density at radius 2 is 2.17 bits per heavy atom. The molecule has 0 aromatic rings. The quantitative estimate of drug-likeness (QED) is 0.311. The van der Waals surface area contributed by atoms with Crippen molar-refractivity contribution in [2.45, 2.75) is 18.3 Å². The Morgan fingerprint density at radius 3 is 2.50 bits per heavy atom. The molecule has 0 amide bonds. The molecular weight excluding hydrogens is 170 g/mol. The summed E-state index contributed by atoms with van der Waals surface area (Å²) in [4.78, 5) is 21.1. The minimum absolute atomic E-state index is 0.678.